The zero-order valence-electron chi connectivity index (χ0n) is 11.7. The van der Waals surface area contributed by atoms with E-state index in [4.69, 9.17) is 14.2 Å². The van der Waals surface area contributed by atoms with Gasteiger partial charge >= 0.3 is 17.1 Å². The maximum Gasteiger partial charge on any atom is 0.338 e. The third-order valence-corrected chi connectivity index (χ3v) is 3.39. The molecule has 3 rings (SSSR count). The molecule has 2 unspecified atom stereocenters. The molecule has 9 nitrogen and oxygen atoms in total. The Balaban J connectivity index is 2.06. The fourth-order valence-electron chi connectivity index (χ4n) is 2.04. The lowest BCUT2D eigenvalue weighted by Gasteiger charge is -2.12. The average molecular weight is 299 g/mol. The van der Waals surface area contributed by atoms with Crippen molar-refractivity contribution in [2.24, 2.45) is 0 Å². The van der Waals surface area contributed by atoms with Crippen molar-refractivity contribution in [2.75, 3.05) is 19.8 Å². The largest absolute Gasteiger partial charge is 0.371 e. The normalized spacial score (nSPS) is 23.3. The van der Waals surface area contributed by atoms with Crippen molar-refractivity contribution in [3.8, 4) is 0 Å². The van der Waals surface area contributed by atoms with E-state index < -0.39 is 17.1 Å². The van der Waals surface area contributed by atoms with Gasteiger partial charge in [0.15, 0.2) is 0 Å². The van der Waals surface area contributed by atoms with Crippen LogP contribution in [0.3, 0.4) is 0 Å². The molecule has 2 saturated heterocycles. The summed E-state index contributed by atoms with van der Waals surface area (Å²) in [6, 6.07) is 0. The van der Waals surface area contributed by atoms with E-state index in [9.17, 15) is 14.4 Å². The number of aromatic nitrogens is 3. The Labute approximate surface area is 119 Å². The molecule has 0 spiro atoms. The summed E-state index contributed by atoms with van der Waals surface area (Å²) in [4.78, 5) is 36.9. The second-order valence-electron chi connectivity index (χ2n) is 5.03. The predicted molar refractivity (Wildman–Crippen MR) is 70.3 cm³/mol. The van der Waals surface area contributed by atoms with Crippen molar-refractivity contribution >= 4 is 0 Å². The molecule has 0 amide bonds. The SMILES string of the molecule is CCOCn1c(=O)n(CC2CO2)c(=O)n(CC2CO2)c1=O. The summed E-state index contributed by atoms with van der Waals surface area (Å²) in [5.74, 6) is 0. The predicted octanol–water partition coefficient (Wildman–Crippen LogP) is -2.04. The highest BCUT2D eigenvalue weighted by Crippen LogP contribution is 2.10. The van der Waals surface area contributed by atoms with Gasteiger partial charge in [0.1, 0.15) is 6.73 Å². The molecular formula is C12H17N3O6. The minimum atomic E-state index is -0.665. The Bertz CT molecular complexity index is 642. The Kier molecular flexibility index (Phi) is 3.79. The maximum absolute atomic E-state index is 12.3. The van der Waals surface area contributed by atoms with E-state index in [1.807, 2.05) is 0 Å². The van der Waals surface area contributed by atoms with Gasteiger partial charge in [0, 0.05) is 6.61 Å². The van der Waals surface area contributed by atoms with Crippen LogP contribution in [-0.2, 0) is 34.0 Å². The molecule has 2 aliphatic rings. The fraction of sp³-hybridized carbons (Fsp3) is 0.750. The minimum Gasteiger partial charge on any atom is -0.371 e. The van der Waals surface area contributed by atoms with E-state index in [2.05, 4.69) is 0 Å². The van der Waals surface area contributed by atoms with Crippen LogP contribution < -0.4 is 17.1 Å². The van der Waals surface area contributed by atoms with Gasteiger partial charge in [0.2, 0.25) is 0 Å². The van der Waals surface area contributed by atoms with Crippen LogP contribution in [0.1, 0.15) is 6.92 Å². The highest BCUT2D eigenvalue weighted by Gasteiger charge is 2.29. The van der Waals surface area contributed by atoms with Crippen LogP contribution in [-0.4, -0.2) is 45.7 Å². The molecular weight excluding hydrogens is 282 g/mol. The van der Waals surface area contributed by atoms with Crippen molar-refractivity contribution in [2.45, 2.75) is 39.0 Å². The van der Waals surface area contributed by atoms with Crippen LogP contribution in [0.4, 0.5) is 0 Å². The molecule has 3 heterocycles. The van der Waals surface area contributed by atoms with Gasteiger partial charge < -0.3 is 14.2 Å². The fourth-order valence-corrected chi connectivity index (χ4v) is 2.04. The average Bonchev–Trinajstić information content (AvgIpc) is 3.35. The van der Waals surface area contributed by atoms with Gasteiger partial charge in [-0.25, -0.2) is 28.1 Å². The molecule has 0 radical (unpaired) electrons. The van der Waals surface area contributed by atoms with E-state index in [1.54, 1.807) is 6.92 Å². The Morgan fingerprint density at radius 3 is 1.76 bits per heavy atom. The first-order valence-electron chi connectivity index (χ1n) is 6.87. The molecule has 0 aromatic carbocycles. The lowest BCUT2D eigenvalue weighted by Crippen LogP contribution is -2.55. The molecule has 0 saturated carbocycles. The lowest BCUT2D eigenvalue weighted by molar-refractivity contribution is 0.0773. The first-order chi connectivity index (χ1) is 10.1. The van der Waals surface area contributed by atoms with Gasteiger partial charge in [-0.3, -0.25) is 0 Å². The van der Waals surface area contributed by atoms with Gasteiger partial charge in [-0.15, -0.1) is 0 Å². The van der Waals surface area contributed by atoms with Gasteiger partial charge in [-0.2, -0.15) is 0 Å². The smallest absolute Gasteiger partial charge is 0.338 e. The first kappa shape index (κ1) is 14.2. The van der Waals surface area contributed by atoms with Crippen molar-refractivity contribution in [3.05, 3.63) is 31.5 Å². The van der Waals surface area contributed by atoms with E-state index in [1.165, 1.54) is 0 Å². The van der Waals surface area contributed by atoms with E-state index >= 15 is 0 Å². The number of nitrogens with zero attached hydrogens (tertiary/aromatic N) is 3. The first-order valence-corrected chi connectivity index (χ1v) is 6.87. The third kappa shape index (κ3) is 2.99. The van der Waals surface area contributed by atoms with Gasteiger partial charge in [-0.1, -0.05) is 0 Å². The number of ether oxygens (including phenoxy) is 3. The van der Waals surface area contributed by atoms with Crippen LogP contribution in [0.5, 0.6) is 0 Å². The zero-order valence-corrected chi connectivity index (χ0v) is 11.7. The summed E-state index contributed by atoms with van der Waals surface area (Å²) >= 11 is 0. The number of hydrogen-bond acceptors (Lipinski definition) is 6. The molecule has 2 atom stereocenters. The van der Waals surface area contributed by atoms with E-state index in [-0.39, 0.29) is 32.0 Å². The number of hydrogen-bond donors (Lipinski definition) is 0. The van der Waals surface area contributed by atoms with Gasteiger partial charge in [0.25, 0.3) is 0 Å². The second kappa shape index (κ2) is 5.58. The summed E-state index contributed by atoms with van der Waals surface area (Å²) in [5, 5.41) is 0. The summed E-state index contributed by atoms with van der Waals surface area (Å²) in [7, 11) is 0. The number of epoxide rings is 2. The van der Waals surface area contributed by atoms with E-state index in [0.29, 0.717) is 19.8 Å². The Morgan fingerprint density at radius 2 is 1.38 bits per heavy atom. The van der Waals surface area contributed by atoms with Crippen LogP contribution >= 0.6 is 0 Å². The highest BCUT2D eigenvalue weighted by atomic mass is 16.6. The molecule has 2 aliphatic heterocycles. The van der Waals surface area contributed by atoms with E-state index in [0.717, 1.165) is 13.7 Å². The monoisotopic (exact) mass is 299 g/mol. The second-order valence-corrected chi connectivity index (χ2v) is 5.03. The molecule has 1 aromatic heterocycles. The molecule has 21 heavy (non-hydrogen) atoms. The zero-order chi connectivity index (χ0) is 15.0. The van der Waals surface area contributed by atoms with Crippen LogP contribution in [0, 0.1) is 0 Å². The molecule has 9 heteroatoms. The summed E-state index contributed by atoms with van der Waals surface area (Å²) in [5.41, 5.74) is -1.95. The molecule has 1 aromatic rings. The topological polar surface area (TPSA) is 100 Å². The molecule has 0 bridgehead atoms. The summed E-state index contributed by atoms with van der Waals surface area (Å²) in [6.45, 7) is 3.28. The molecule has 0 aliphatic carbocycles. The number of rotatable bonds is 7. The quantitative estimate of drug-likeness (QED) is 0.538. The summed E-state index contributed by atoms with van der Waals surface area (Å²) in [6.07, 6.45) is -0.279. The van der Waals surface area contributed by atoms with Gasteiger partial charge in [-0.05, 0) is 6.92 Å². The van der Waals surface area contributed by atoms with Crippen LogP contribution in [0.25, 0.3) is 0 Å². The third-order valence-electron chi connectivity index (χ3n) is 3.39. The summed E-state index contributed by atoms with van der Waals surface area (Å²) < 4.78 is 18.2. The lowest BCUT2D eigenvalue weighted by atomic mass is 10.4. The van der Waals surface area contributed by atoms with Gasteiger partial charge in [0.05, 0.1) is 38.5 Å². The Hall–Kier alpha value is -1.71. The van der Waals surface area contributed by atoms with Crippen molar-refractivity contribution in [3.63, 3.8) is 0 Å². The van der Waals surface area contributed by atoms with Crippen LogP contribution in [0.15, 0.2) is 14.4 Å². The molecule has 2 fully saturated rings. The van der Waals surface area contributed by atoms with Crippen LogP contribution in [0.2, 0.25) is 0 Å². The standard InChI is InChI=1S/C12H17N3O6/c1-2-19-7-15-11(17)13(3-8-5-20-8)10(16)14(12(15)18)4-9-6-21-9/h8-9H,2-7H2,1H3. The van der Waals surface area contributed by atoms with Crippen molar-refractivity contribution in [1.82, 2.24) is 13.7 Å². The van der Waals surface area contributed by atoms with Crippen molar-refractivity contribution < 1.29 is 14.2 Å². The minimum absolute atomic E-state index is 0.140. The maximum atomic E-state index is 12.3. The Morgan fingerprint density at radius 1 is 0.952 bits per heavy atom. The molecule has 116 valence electrons. The highest BCUT2D eigenvalue weighted by molar-refractivity contribution is 4.84. The van der Waals surface area contributed by atoms with Crippen molar-refractivity contribution in [1.29, 1.82) is 0 Å². The molecule has 0 N–H and O–H groups in total.